The minimum atomic E-state index is -0.00759. The van der Waals surface area contributed by atoms with Gasteiger partial charge in [-0.1, -0.05) is 37.3 Å². The van der Waals surface area contributed by atoms with Crippen LogP contribution in [-0.4, -0.2) is 16.9 Å². The number of nitrogens with zero attached hydrogens (tertiary/aromatic N) is 1. The molecule has 1 aromatic rings. The molecule has 0 aliphatic rings. The van der Waals surface area contributed by atoms with E-state index in [9.17, 15) is 0 Å². The highest BCUT2D eigenvalue weighted by atomic mass is 32.1. The number of thiocarbonyl (C=S) groups is 1. The summed E-state index contributed by atoms with van der Waals surface area (Å²) < 4.78 is 0. The summed E-state index contributed by atoms with van der Waals surface area (Å²) in [6.07, 6.45) is 2.74. The molecule has 0 spiro atoms. The molecule has 0 heterocycles. The van der Waals surface area contributed by atoms with Crippen molar-refractivity contribution in [2.24, 2.45) is 5.10 Å². The maximum atomic E-state index is 5.15. The summed E-state index contributed by atoms with van der Waals surface area (Å²) in [6, 6.07) is 9.88. The van der Waals surface area contributed by atoms with Gasteiger partial charge >= 0.3 is 0 Å². The normalized spacial score (nSPS) is 11.5. The molecule has 0 unspecified atom stereocenters. The van der Waals surface area contributed by atoms with E-state index in [1.807, 2.05) is 30.3 Å². The molecular formula is C13H19N3S. The third-order valence-electron chi connectivity index (χ3n) is 2.52. The first-order chi connectivity index (χ1) is 8.03. The van der Waals surface area contributed by atoms with E-state index < -0.39 is 0 Å². The predicted molar refractivity (Wildman–Crippen MR) is 77.3 cm³/mol. The Morgan fingerprint density at radius 1 is 1.35 bits per heavy atom. The molecule has 0 amide bonds. The second-order valence-corrected chi connectivity index (χ2v) is 4.88. The van der Waals surface area contributed by atoms with E-state index in [-0.39, 0.29) is 5.54 Å². The fourth-order valence-corrected chi connectivity index (χ4v) is 1.46. The third-order valence-corrected chi connectivity index (χ3v) is 2.71. The SMILES string of the molecule is CCC(C)(C)NC(=S)N/N=C/c1ccccc1. The highest BCUT2D eigenvalue weighted by molar-refractivity contribution is 7.80. The Morgan fingerprint density at radius 2 is 2.00 bits per heavy atom. The van der Waals surface area contributed by atoms with Crippen molar-refractivity contribution < 1.29 is 0 Å². The van der Waals surface area contributed by atoms with E-state index in [0.717, 1.165) is 12.0 Å². The Morgan fingerprint density at radius 3 is 2.59 bits per heavy atom. The Hall–Kier alpha value is -1.42. The minimum Gasteiger partial charge on any atom is -0.356 e. The van der Waals surface area contributed by atoms with Gasteiger partial charge in [-0.25, -0.2) is 0 Å². The van der Waals surface area contributed by atoms with Crippen molar-refractivity contribution in [2.45, 2.75) is 32.7 Å². The molecule has 17 heavy (non-hydrogen) atoms. The Bertz CT molecular complexity index is 385. The fourth-order valence-electron chi connectivity index (χ4n) is 1.13. The van der Waals surface area contributed by atoms with E-state index >= 15 is 0 Å². The smallest absolute Gasteiger partial charge is 0.187 e. The van der Waals surface area contributed by atoms with Crippen molar-refractivity contribution in [1.29, 1.82) is 0 Å². The molecule has 0 radical (unpaired) electrons. The van der Waals surface area contributed by atoms with Crippen LogP contribution in [0.2, 0.25) is 0 Å². The number of hydrogen-bond donors (Lipinski definition) is 2. The number of hydrazone groups is 1. The second kappa shape index (κ2) is 6.35. The number of benzene rings is 1. The van der Waals surface area contributed by atoms with Crippen LogP contribution in [-0.2, 0) is 0 Å². The fraction of sp³-hybridized carbons (Fsp3) is 0.385. The largest absolute Gasteiger partial charge is 0.356 e. The van der Waals surface area contributed by atoms with Gasteiger partial charge in [0.25, 0.3) is 0 Å². The van der Waals surface area contributed by atoms with Gasteiger partial charge in [0.1, 0.15) is 0 Å². The van der Waals surface area contributed by atoms with E-state index in [1.165, 1.54) is 0 Å². The average molecular weight is 249 g/mol. The number of nitrogens with one attached hydrogen (secondary N) is 2. The molecule has 1 aromatic carbocycles. The first kappa shape index (κ1) is 13.6. The second-order valence-electron chi connectivity index (χ2n) is 4.47. The zero-order valence-electron chi connectivity index (χ0n) is 10.5. The first-order valence-electron chi connectivity index (χ1n) is 5.70. The summed E-state index contributed by atoms with van der Waals surface area (Å²) in [5.74, 6) is 0. The van der Waals surface area contributed by atoms with Crippen LogP contribution < -0.4 is 10.7 Å². The lowest BCUT2D eigenvalue weighted by molar-refractivity contribution is 0.443. The molecule has 3 nitrogen and oxygen atoms in total. The van der Waals surface area contributed by atoms with Crippen LogP contribution in [0.25, 0.3) is 0 Å². The summed E-state index contributed by atoms with van der Waals surface area (Å²) >= 11 is 5.15. The van der Waals surface area contributed by atoms with Crippen molar-refractivity contribution >= 4 is 23.5 Å². The molecule has 0 atom stereocenters. The average Bonchev–Trinajstić information content (AvgIpc) is 2.30. The van der Waals surface area contributed by atoms with Gasteiger partial charge in [0.15, 0.2) is 5.11 Å². The summed E-state index contributed by atoms with van der Waals surface area (Å²) in [4.78, 5) is 0. The highest BCUT2D eigenvalue weighted by Gasteiger charge is 2.14. The molecule has 0 fully saturated rings. The number of rotatable bonds is 4. The molecule has 4 heteroatoms. The van der Waals surface area contributed by atoms with Crippen LogP contribution in [0.5, 0.6) is 0 Å². The van der Waals surface area contributed by atoms with Gasteiger partial charge in [0, 0.05) is 5.54 Å². The van der Waals surface area contributed by atoms with Crippen molar-refractivity contribution in [3.05, 3.63) is 35.9 Å². The lowest BCUT2D eigenvalue weighted by atomic mass is 10.0. The van der Waals surface area contributed by atoms with Crippen molar-refractivity contribution in [3.63, 3.8) is 0 Å². The molecule has 92 valence electrons. The van der Waals surface area contributed by atoms with Crippen LogP contribution >= 0.6 is 12.2 Å². The van der Waals surface area contributed by atoms with Crippen LogP contribution in [0.1, 0.15) is 32.8 Å². The van der Waals surface area contributed by atoms with Gasteiger partial charge in [-0.3, -0.25) is 5.43 Å². The lowest BCUT2D eigenvalue weighted by Gasteiger charge is -2.25. The molecular weight excluding hydrogens is 230 g/mol. The minimum absolute atomic E-state index is 0.00759. The van der Waals surface area contributed by atoms with E-state index in [1.54, 1.807) is 6.21 Å². The van der Waals surface area contributed by atoms with Gasteiger partial charge in [0.2, 0.25) is 0 Å². The van der Waals surface area contributed by atoms with Crippen molar-refractivity contribution in [1.82, 2.24) is 10.7 Å². The van der Waals surface area contributed by atoms with E-state index in [4.69, 9.17) is 12.2 Å². The monoisotopic (exact) mass is 249 g/mol. The van der Waals surface area contributed by atoms with Crippen LogP contribution in [0.3, 0.4) is 0 Å². The molecule has 0 saturated heterocycles. The van der Waals surface area contributed by atoms with Crippen LogP contribution in [0, 0.1) is 0 Å². The molecule has 0 saturated carbocycles. The first-order valence-corrected chi connectivity index (χ1v) is 6.10. The molecule has 0 aromatic heterocycles. The summed E-state index contributed by atoms with van der Waals surface area (Å²) in [5, 5.41) is 7.83. The summed E-state index contributed by atoms with van der Waals surface area (Å²) in [6.45, 7) is 6.31. The summed E-state index contributed by atoms with van der Waals surface area (Å²) in [5.41, 5.74) is 3.84. The van der Waals surface area contributed by atoms with E-state index in [2.05, 4.69) is 36.6 Å². The Balaban J connectivity index is 2.41. The Kier molecular flexibility index (Phi) is 5.10. The molecule has 0 aliphatic carbocycles. The van der Waals surface area contributed by atoms with Crippen LogP contribution in [0.15, 0.2) is 35.4 Å². The number of hydrogen-bond acceptors (Lipinski definition) is 2. The van der Waals surface area contributed by atoms with Gasteiger partial charge in [-0.2, -0.15) is 5.10 Å². The maximum absolute atomic E-state index is 5.15. The van der Waals surface area contributed by atoms with Crippen molar-refractivity contribution in [3.8, 4) is 0 Å². The summed E-state index contributed by atoms with van der Waals surface area (Å²) in [7, 11) is 0. The molecule has 0 aliphatic heterocycles. The van der Waals surface area contributed by atoms with Gasteiger partial charge in [-0.05, 0) is 38.0 Å². The maximum Gasteiger partial charge on any atom is 0.187 e. The molecule has 2 N–H and O–H groups in total. The van der Waals surface area contributed by atoms with Gasteiger partial charge in [-0.15, -0.1) is 0 Å². The van der Waals surface area contributed by atoms with Gasteiger partial charge < -0.3 is 5.32 Å². The highest BCUT2D eigenvalue weighted by Crippen LogP contribution is 2.05. The molecule has 0 bridgehead atoms. The lowest BCUT2D eigenvalue weighted by Crippen LogP contribution is -2.46. The van der Waals surface area contributed by atoms with E-state index in [0.29, 0.717) is 5.11 Å². The standard InChI is InChI=1S/C13H19N3S/c1-4-13(2,3)15-12(17)16-14-10-11-8-6-5-7-9-11/h5-10H,4H2,1-3H3,(H2,15,16,17)/b14-10+. The van der Waals surface area contributed by atoms with Gasteiger partial charge in [0.05, 0.1) is 6.21 Å². The van der Waals surface area contributed by atoms with Crippen molar-refractivity contribution in [2.75, 3.05) is 0 Å². The molecule has 1 rings (SSSR count). The zero-order valence-corrected chi connectivity index (χ0v) is 11.3. The quantitative estimate of drug-likeness (QED) is 0.489. The van der Waals surface area contributed by atoms with Crippen LogP contribution in [0.4, 0.5) is 0 Å². The Labute approximate surface area is 108 Å². The third kappa shape index (κ3) is 5.45. The zero-order chi connectivity index (χ0) is 12.7. The predicted octanol–water partition coefficient (Wildman–Crippen LogP) is 2.67. The topological polar surface area (TPSA) is 36.4 Å².